The van der Waals surface area contributed by atoms with Crippen LogP contribution in [0.4, 0.5) is 0 Å². The van der Waals surface area contributed by atoms with E-state index in [2.05, 4.69) is 19.2 Å². The monoisotopic (exact) mass is 175 g/mol. The van der Waals surface area contributed by atoms with Crippen LogP contribution in [0.3, 0.4) is 0 Å². The van der Waals surface area contributed by atoms with Crippen LogP contribution in [0.1, 0.15) is 20.3 Å². The molecule has 74 valence electrons. The van der Waals surface area contributed by atoms with Crippen LogP contribution >= 0.6 is 0 Å². The second-order valence-corrected chi connectivity index (χ2v) is 3.17. The van der Waals surface area contributed by atoms with E-state index in [9.17, 15) is 0 Å². The van der Waals surface area contributed by atoms with Crippen LogP contribution in [0.5, 0.6) is 0 Å². The third-order valence-electron chi connectivity index (χ3n) is 2.59. The fraction of sp³-hybridized carbons (Fsp3) is 1.00. The maximum Gasteiger partial charge on any atom is 0.0822 e. The fourth-order valence-corrected chi connectivity index (χ4v) is 1.26. The number of rotatable bonds is 6. The largest absolute Gasteiger partial charge is 0.383 e. The second-order valence-electron chi connectivity index (χ2n) is 3.17. The molecule has 12 heavy (non-hydrogen) atoms. The first kappa shape index (κ1) is 11.9. The molecule has 0 aliphatic rings. The smallest absolute Gasteiger partial charge is 0.0822 e. The molecule has 0 saturated carbocycles. The molecule has 3 nitrogen and oxygen atoms in total. The van der Waals surface area contributed by atoms with Crippen molar-refractivity contribution in [2.45, 2.75) is 31.9 Å². The van der Waals surface area contributed by atoms with Gasteiger partial charge in [0.25, 0.3) is 0 Å². The molecule has 0 rings (SSSR count). The zero-order chi connectivity index (χ0) is 9.61. The molecular weight excluding hydrogens is 154 g/mol. The lowest BCUT2D eigenvalue weighted by atomic mass is 9.94. The van der Waals surface area contributed by atoms with Gasteiger partial charge in [-0.25, -0.2) is 0 Å². The number of hydrogen-bond acceptors (Lipinski definition) is 3. The Balaban J connectivity index is 4.21. The minimum Gasteiger partial charge on any atom is -0.383 e. The first-order chi connectivity index (χ1) is 5.64. The van der Waals surface area contributed by atoms with E-state index in [1.807, 2.05) is 7.05 Å². The maximum atomic E-state index is 5.45. The Morgan fingerprint density at radius 1 is 1.42 bits per heavy atom. The number of nitrogens with one attached hydrogen (secondary N) is 1. The molecule has 0 aromatic rings. The van der Waals surface area contributed by atoms with E-state index in [1.54, 1.807) is 14.2 Å². The van der Waals surface area contributed by atoms with Gasteiger partial charge in [0.15, 0.2) is 0 Å². The topological polar surface area (TPSA) is 30.5 Å². The summed E-state index contributed by atoms with van der Waals surface area (Å²) < 4.78 is 10.6. The predicted molar refractivity (Wildman–Crippen MR) is 50.4 cm³/mol. The van der Waals surface area contributed by atoms with Crippen molar-refractivity contribution in [1.29, 1.82) is 0 Å². The highest BCUT2D eigenvalue weighted by Crippen LogP contribution is 2.18. The van der Waals surface area contributed by atoms with Gasteiger partial charge in [0.1, 0.15) is 0 Å². The Morgan fingerprint density at radius 3 is 2.25 bits per heavy atom. The van der Waals surface area contributed by atoms with Gasteiger partial charge in [0, 0.05) is 14.2 Å². The minimum absolute atomic E-state index is 0.134. The average Bonchev–Trinajstić information content (AvgIpc) is 2.13. The molecule has 0 bridgehead atoms. The first-order valence-electron chi connectivity index (χ1n) is 4.36. The summed E-state index contributed by atoms with van der Waals surface area (Å²) in [6.07, 6.45) is 0.971. The summed E-state index contributed by atoms with van der Waals surface area (Å²) in [5.41, 5.74) is -0.134. The van der Waals surface area contributed by atoms with Gasteiger partial charge in [-0.05, 0) is 20.4 Å². The van der Waals surface area contributed by atoms with Crippen LogP contribution < -0.4 is 5.32 Å². The zero-order valence-corrected chi connectivity index (χ0v) is 8.81. The third kappa shape index (κ3) is 2.73. The SMILES string of the molecule is CCC(C)(OC)C(COC)NC. The van der Waals surface area contributed by atoms with Crippen molar-refractivity contribution in [3.8, 4) is 0 Å². The van der Waals surface area contributed by atoms with Crippen LogP contribution in [-0.2, 0) is 9.47 Å². The Kier molecular flexibility index (Phi) is 5.46. The molecule has 0 aliphatic heterocycles. The van der Waals surface area contributed by atoms with Crippen molar-refractivity contribution in [2.75, 3.05) is 27.9 Å². The summed E-state index contributed by atoms with van der Waals surface area (Å²) in [4.78, 5) is 0. The van der Waals surface area contributed by atoms with Gasteiger partial charge in [-0.2, -0.15) is 0 Å². The predicted octanol–water partition coefficient (Wildman–Crippen LogP) is 1.04. The lowest BCUT2D eigenvalue weighted by Gasteiger charge is -2.35. The third-order valence-corrected chi connectivity index (χ3v) is 2.59. The summed E-state index contributed by atoms with van der Waals surface area (Å²) in [5, 5.41) is 3.20. The molecule has 0 radical (unpaired) electrons. The summed E-state index contributed by atoms with van der Waals surface area (Å²) >= 11 is 0. The number of ether oxygens (including phenoxy) is 2. The van der Waals surface area contributed by atoms with Gasteiger partial charge in [-0.3, -0.25) is 0 Å². The Morgan fingerprint density at radius 2 is 2.00 bits per heavy atom. The molecule has 0 fully saturated rings. The molecule has 0 spiro atoms. The van der Waals surface area contributed by atoms with Crippen LogP contribution in [-0.4, -0.2) is 39.5 Å². The van der Waals surface area contributed by atoms with Gasteiger partial charge < -0.3 is 14.8 Å². The molecular formula is C9H21NO2. The second kappa shape index (κ2) is 5.51. The summed E-state index contributed by atoms with van der Waals surface area (Å²) in [7, 11) is 5.37. The fourth-order valence-electron chi connectivity index (χ4n) is 1.26. The van der Waals surface area contributed by atoms with Crippen LogP contribution in [0, 0.1) is 0 Å². The summed E-state index contributed by atoms with van der Waals surface area (Å²) in [6, 6.07) is 0.248. The molecule has 0 aromatic heterocycles. The molecule has 0 aliphatic carbocycles. The number of hydrogen-bond donors (Lipinski definition) is 1. The van der Waals surface area contributed by atoms with Crippen molar-refractivity contribution < 1.29 is 9.47 Å². The van der Waals surface area contributed by atoms with Gasteiger partial charge in [0.05, 0.1) is 18.2 Å². The van der Waals surface area contributed by atoms with E-state index in [0.29, 0.717) is 6.61 Å². The number of likely N-dealkylation sites (N-methyl/N-ethyl adjacent to an activating group) is 1. The van der Waals surface area contributed by atoms with Gasteiger partial charge in [-0.1, -0.05) is 6.92 Å². The lowest BCUT2D eigenvalue weighted by Crippen LogP contribution is -2.51. The van der Waals surface area contributed by atoms with E-state index in [4.69, 9.17) is 9.47 Å². The zero-order valence-electron chi connectivity index (χ0n) is 8.81. The van der Waals surface area contributed by atoms with Crippen molar-refractivity contribution in [1.82, 2.24) is 5.32 Å². The highest BCUT2D eigenvalue weighted by Gasteiger charge is 2.31. The molecule has 0 aromatic carbocycles. The van der Waals surface area contributed by atoms with Gasteiger partial charge in [0.2, 0.25) is 0 Å². The Bertz CT molecular complexity index is 113. The van der Waals surface area contributed by atoms with E-state index >= 15 is 0 Å². The standard InChI is InChI=1S/C9H21NO2/c1-6-9(2,12-5)8(10-3)7-11-4/h8,10H,6-7H2,1-5H3. The van der Waals surface area contributed by atoms with Crippen molar-refractivity contribution >= 4 is 0 Å². The average molecular weight is 175 g/mol. The van der Waals surface area contributed by atoms with Crippen molar-refractivity contribution in [3.63, 3.8) is 0 Å². The highest BCUT2D eigenvalue weighted by atomic mass is 16.5. The van der Waals surface area contributed by atoms with Crippen molar-refractivity contribution in [2.24, 2.45) is 0 Å². The van der Waals surface area contributed by atoms with E-state index in [1.165, 1.54) is 0 Å². The molecule has 0 saturated heterocycles. The minimum atomic E-state index is -0.134. The number of methoxy groups -OCH3 is 2. The molecule has 0 amide bonds. The maximum absolute atomic E-state index is 5.45. The van der Waals surface area contributed by atoms with E-state index in [0.717, 1.165) is 6.42 Å². The van der Waals surface area contributed by atoms with Gasteiger partial charge in [-0.15, -0.1) is 0 Å². The van der Waals surface area contributed by atoms with E-state index in [-0.39, 0.29) is 11.6 Å². The van der Waals surface area contributed by atoms with Gasteiger partial charge >= 0.3 is 0 Å². The highest BCUT2D eigenvalue weighted by molar-refractivity contribution is 4.87. The Hall–Kier alpha value is -0.120. The van der Waals surface area contributed by atoms with Crippen LogP contribution in [0.2, 0.25) is 0 Å². The lowest BCUT2D eigenvalue weighted by molar-refractivity contribution is -0.0462. The van der Waals surface area contributed by atoms with Crippen molar-refractivity contribution in [3.05, 3.63) is 0 Å². The molecule has 2 atom stereocenters. The summed E-state index contributed by atoms with van der Waals surface area (Å²) in [6.45, 7) is 4.88. The molecule has 0 heterocycles. The normalized spacial score (nSPS) is 18.8. The first-order valence-corrected chi connectivity index (χ1v) is 4.36. The van der Waals surface area contributed by atoms with Crippen LogP contribution in [0.15, 0.2) is 0 Å². The van der Waals surface area contributed by atoms with E-state index < -0.39 is 0 Å². The molecule has 2 unspecified atom stereocenters. The molecule has 3 heteroatoms. The molecule has 1 N–H and O–H groups in total. The Labute approximate surface area is 75.4 Å². The quantitative estimate of drug-likeness (QED) is 0.654. The summed E-state index contributed by atoms with van der Waals surface area (Å²) in [5.74, 6) is 0. The van der Waals surface area contributed by atoms with Crippen LogP contribution in [0.25, 0.3) is 0 Å².